The molecule has 0 atom stereocenters. The van der Waals surface area contributed by atoms with Crippen LogP contribution in [0.2, 0.25) is 0 Å². The molecule has 1 saturated heterocycles. The highest BCUT2D eigenvalue weighted by atomic mass is 32.1. The Morgan fingerprint density at radius 1 is 1.03 bits per heavy atom. The van der Waals surface area contributed by atoms with Crippen LogP contribution >= 0.6 is 11.3 Å². The second-order valence-electron chi connectivity index (χ2n) is 8.28. The SMILES string of the molecule is Cc1cc2c(N3CCN(C(=O)c4ccc(-c5ccccc5)cn4)CC3)nc(NC(=O)CN)nc2s1. The zero-order valence-electron chi connectivity index (χ0n) is 19.3. The van der Waals surface area contributed by atoms with Crippen LogP contribution in [0.15, 0.2) is 54.7 Å². The number of pyridine rings is 1. The van der Waals surface area contributed by atoms with Crippen LogP contribution in [0.25, 0.3) is 21.3 Å². The molecule has 1 aliphatic heterocycles. The number of amides is 2. The second-order valence-corrected chi connectivity index (χ2v) is 9.51. The van der Waals surface area contributed by atoms with Gasteiger partial charge in [0, 0.05) is 42.8 Å². The third-order valence-electron chi connectivity index (χ3n) is 5.89. The second kappa shape index (κ2) is 9.77. The highest BCUT2D eigenvalue weighted by molar-refractivity contribution is 7.18. The van der Waals surface area contributed by atoms with Gasteiger partial charge in [-0.25, -0.2) is 4.98 Å². The monoisotopic (exact) mass is 487 g/mol. The molecule has 35 heavy (non-hydrogen) atoms. The molecule has 3 aromatic heterocycles. The number of thiophene rings is 1. The van der Waals surface area contributed by atoms with Crippen LogP contribution in [0.1, 0.15) is 15.4 Å². The van der Waals surface area contributed by atoms with Crippen molar-refractivity contribution < 1.29 is 9.59 Å². The molecule has 0 aliphatic carbocycles. The summed E-state index contributed by atoms with van der Waals surface area (Å²) >= 11 is 1.55. The topological polar surface area (TPSA) is 117 Å². The number of carbonyl (C=O) groups is 2. The molecule has 2 amide bonds. The minimum Gasteiger partial charge on any atom is -0.352 e. The lowest BCUT2D eigenvalue weighted by atomic mass is 10.1. The van der Waals surface area contributed by atoms with Crippen LogP contribution in [-0.2, 0) is 4.79 Å². The number of piperazine rings is 1. The lowest BCUT2D eigenvalue weighted by Crippen LogP contribution is -2.49. The molecule has 0 saturated carbocycles. The van der Waals surface area contributed by atoms with Gasteiger partial charge in [-0.1, -0.05) is 36.4 Å². The molecule has 9 nitrogen and oxygen atoms in total. The Hall–Kier alpha value is -3.89. The molecule has 5 rings (SSSR count). The van der Waals surface area contributed by atoms with Crippen molar-refractivity contribution in [3.63, 3.8) is 0 Å². The zero-order valence-corrected chi connectivity index (χ0v) is 20.1. The number of nitrogens with two attached hydrogens (primary N) is 1. The molecule has 1 fully saturated rings. The van der Waals surface area contributed by atoms with E-state index in [1.807, 2.05) is 48.2 Å². The van der Waals surface area contributed by atoms with E-state index < -0.39 is 0 Å². The lowest BCUT2D eigenvalue weighted by molar-refractivity contribution is -0.114. The summed E-state index contributed by atoms with van der Waals surface area (Å²) in [5.74, 6) is 0.569. The van der Waals surface area contributed by atoms with E-state index in [1.165, 1.54) is 0 Å². The van der Waals surface area contributed by atoms with Gasteiger partial charge in [0.05, 0.1) is 11.9 Å². The summed E-state index contributed by atoms with van der Waals surface area (Å²) in [6, 6.07) is 15.7. The third kappa shape index (κ3) is 4.84. The zero-order chi connectivity index (χ0) is 24.4. The molecule has 0 unspecified atom stereocenters. The predicted octanol–water partition coefficient (Wildman–Crippen LogP) is 2.92. The average Bonchev–Trinajstić information content (AvgIpc) is 3.28. The summed E-state index contributed by atoms with van der Waals surface area (Å²) < 4.78 is 0. The van der Waals surface area contributed by atoms with Gasteiger partial charge in [0.2, 0.25) is 11.9 Å². The van der Waals surface area contributed by atoms with E-state index in [9.17, 15) is 9.59 Å². The first-order chi connectivity index (χ1) is 17.0. The van der Waals surface area contributed by atoms with E-state index in [4.69, 9.17) is 5.73 Å². The largest absolute Gasteiger partial charge is 0.352 e. The van der Waals surface area contributed by atoms with Gasteiger partial charge in [-0.2, -0.15) is 4.98 Å². The molecule has 4 heterocycles. The first-order valence-corrected chi connectivity index (χ1v) is 12.2. The van der Waals surface area contributed by atoms with Crippen molar-refractivity contribution in [2.75, 3.05) is 42.9 Å². The van der Waals surface area contributed by atoms with Crippen LogP contribution < -0.4 is 16.0 Å². The Kier molecular flexibility index (Phi) is 6.39. The Labute approximate surface area is 206 Å². The number of benzene rings is 1. The minimum atomic E-state index is -0.343. The normalized spacial score (nSPS) is 13.8. The van der Waals surface area contributed by atoms with Crippen molar-refractivity contribution in [1.82, 2.24) is 19.9 Å². The van der Waals surface area contributed by atoms with E-state index in [-0.39, 0.29) is 24.3 Å². The first-order valence-electron chi connectivity index (χ1n) is 11.4. The molecule has 10 heteroatoms. The summed E-state index contributed by atoms with van der Waals surface area (Å²) in [4.78, 5) is 44.2. The molecular weight excluding hydrogens is 462 g/mol. The maximum absolute atomic E-state index is 13.1. The number of aryl methyl sites for hydroxylation is 1. The van der Waals surface area contributed by atoms with Crippen LogP contribution in [0.5, 0.6) is 0 Å². The van der Waals surface area contributed by atoms with Crippen molar-refractivity contribution in [2.24, 2.45) is 5.73 Å². The first kappa shape index (κ1) is 22.9. The summed E-state index contributed by atoms with van der Waals surface area (Å²) in [7, 11) is 0. The van der Waals surface area contributed by atoms with Gasteiger partial charge >= 0.3 is 0 Å². The number of nitrogens with one attached hydrogen (secondary N) is 1. The van der Waals surface area contributed by atoms with E-state index >= 15 is 0 Å². The predicted molar refractivity (Wildman–Crippen MR) is 138 cm³/mol. The molecule has 1 aromatic carbocycles. The number of aromatic nitrogens is 3. The molecule has 0 radical (unpaired) electrons. The minimum absolute atomic E-state index is 0.0839. The lowest BCUT2D eigenvalue weighted by Gasteiger charge is -2.35. The molecule has 0 bridgehead atoms. The van der Waals surface area contributed by atoms with E-state index in [1.54, 1.807) is 23.6 Å². The smallest absolute Gasteiger partial charge is 0.272 e. The van der Waals surface area contributed by atoms with Crippen LogP contribution in [0.3, 0.4) is 0 Å². The van der Waals surface area contributed by atoms with Crippen molar-refractivity contribution in [1.29, 1.82) is 0 Å². The van der Waals surface area contributed by atoms with Crippen LogP contribution in [-0.4, -0.2) is 64.4 Å². The standard InChI is InChI=1S/C25H25N7O2S/c1-16-13-19-22(29-25(28-21(33)14-26)30-23(19)35-16)31-9-11-32(12-10-31)24(34)20-8-7-18(15-27-20)17-5-3-2-4-6-17/h2-8,13,15H,9-12,14,26H2,1H3,(H,28,29,30,33). The van der Waals surface area contributed by atoms with Crippen LogP contribution in [0, 0.1) is 6.92 Å². The number of fused-ring (bicyclic) bond motifs is 1. The number of hydrogen-bond acceptors (Lipinski definition) is 8. The van der Waals surface area contributed by atoms with Gasteiger partial charge in [0.25, 0.3) is 5.91 Å². The van der Waals surface area contributed by atoms with Crippen molar-refractivity contribution in [3.05, 3.63) is 65.3 Å². The van der Waals surface area contributed by atoms with E-state index in [0.29, 0.717) is 31.9 Å². The summed E-state index contributed by atoms with van der Waals surface area (Å²) in [5, 5.41) is 3.60. The molecule has 1 aliphatic rings. The van der Waals surface area contributed by atoms with Crippen LogP contribution in [0.4, 0.5) is 11.8 Å². The molecule has 4 aromatic rings. The molecular formula is C25H25N7O2S. The van der Waals surface area contributed by atoms with Gasteiger partial charge in [-0.3, -0.25) is 19.9 Å². The van der Waals surface area contributed by atoms with Crippen molar-refractivity contribution >= 4 is 45.1 Å². The molecule has 178 valence electrons. The van der Waals surface area contributed by atoms with Gasteiger partial charge in [0.1, 0.15) is 16.3 Å². The highest BCUT2D eigenvalue weighted by Crippen LogP contribution is 2.32. The van der Waals surface area contributed by atoms with Gasteiger partial charge in [0.15, 0.2) is 0 Å². The van der Waals surface area contributed by atoms with Crippen molar-refractivity contribution in [2.45, 2.75) is 6.92 Å². The average molecular weight is 488 g/mol. The van der Waals surface area contributed by atoms with Gasteiger partial charge in [-0.15, -0.1) is 11.3 Å². The quantitative estimate of drug-likeness (QED) is 0.444. The summed E-state index contributed by atoms with van der Waals surface area (Å²) in [5.41, 5.74) is 7.90. The number of anilines is 2. The molecule has 0 spiro atoms. The summed E-state index contributed by atoms with van der Waals surface area (Å²) in [6.45, 7) is 4.18. The molecule has 3 N–H and O–H groups in total. The maximum atomic E-state index is 13.1. The summed E-state index contributed by atoms with van der Waals surface area (Å²) in [6.07, 6.45) is 1.74. The van der Waals surface area contributed by atoms with Crippen molar-refractivity contribution in [3.8, 4) is 11.1 Å². The number of hydrogen-bond donors (Lipinski definition) is 2. The number of nitrogens with zero attached hydrogens (tertiary/aromatic N) is 5. The fourth-order valence-electron chi connectivity index (χ4n) is 4.10. The Balaban J connectivity index is 1.30. The third-order valence-corrected chi connectivity index (χ3v) is 6.83. The Bertz CT molecular complexity index is 1360. The van der Waals surface area contributed by atoms with E-state index in [2.05, 4.69) is 31.2 Å². The van der Waals surface area contributed by atoms with E-state index in [0.717, 1.165) is 32.0 Å². The number of carbonyl (C=O) groups excluding carboxylic acids is 2. The fourth-order valence-corrected chi connectivity index (χ4v) is 4.98. The van der Waals surface area contributed by atoms with Gasteiger partial charge in [-0.05, 0) is 24.6 Å². The highest BCUT2D eigenvalue weighted by Gasteiger charge is 2.26. The Morgan fingerprint density at radius 2 is 1.80 bits per heavy atom. The van der Waals surface area contributed by atoms with Gasteiger partial charge < -0.3 is 15.5 Å². The maximum Gasteiger partial charge on any atom is 0.272 e. The Morgan fingerprint density at radius 3 is 2.49 bits per heavy atom. The fraction of sp³-hybridized carbons (Fsp3) is 0.240. The number of rotatable bonds is 5.